The molecule has 3 N–H and O–H groups in total. The maximum Gasteiger partial charge on any atom is 0.164 e. The number of para-hydroxylation sites is 2. The number of nitrogens with two attached hydrogens (primary N) is 1. The summed E-state index contributed by atoms with van der Waals surface area (Å²) in [6.45, 7) is 0. The summed E-state index contributed by atoms with van der Waals surface area (Å²) in [6.07, 6.45) is 6.35. The van der Waals surface area contributed by atoms with Gasteiger partial charge < -0.3 is 19.8 Å². The number of allylic oxidation sites excluding steroid dienone is 2. The van der Waals surface area contributed by atoms with Gasteiger partial charge in [-0.05, 0) is 54.2 Å². The first-order valence-electron chi connectivity index (χ1n) is 17.6. The van der Waals surface area contributed by atoms with Crippen LogP contribution in [0.15, 0.2) is 156 Å². The van der Waals surface area contributed by atoms with E-state index in [4.69, 9.17) is 14.5 Å². The summed E-state index contributed by atoms with van der Waals surface area (Å²) in [6, 6.07) is 47.6. The van der Waals surface area contributed by atoms with Gasteiger partial charge in [0.05, 0.1) is 0 Å². The van der Waals surface area contributed by atoms with Gasteiger partial charge in [0, 0.05) is 65.3 Å². The molecule has 11 rings (SSSR count). The van der Waals surface area contributed by atoms with Crippen LogP contribution in [-0.2, 0) is 0 Å². The number of furan rings is 1. The number of nitrogens with zero attached hydrogens (tertiary/aromatic N) is 1. The third kappa shape index (κ3) is 4.72. The predicted octanol–water partition coefficient (Wildman–Crippen LogP) is 10.4. The van der Waals surface area contributed by atoms with E-state index in [-0.39, 0.29) is 30.5 Å². The Morgan fingerprint density at radius 3 is 2.39 bits per heavy atom. The first-order valence-corrected chi connectivity index (χ1v) is 18.4. The number of rotatable bonds is 4. The second kappa shape index (κ2) is 11.5. The van der Waals surface area contributed by atoms with Crippen molar-refractivity contribution < 1.29 is 14.5 Å². The number of hydrogen-bond donors (Lipinski definition) is 2. The summed E-state index contributed by atoms with van der Waals surface area (Å²) in [5, 5.41) is 16.5. The number of quaternary nitrogens is 1. The quantitative estimate of drug-likeness (QED) is 0.195. The molecule has 0 spiro atoms. The van der Waals surface area contributed by atoms with Crippen molar-refractivity contribution in [1.29, 1.82) is 0 Å². The summed E-state index contributed by atoms with van der Waals surface area (Å²) in [7, 11) is 0. The first kappa shape index (κ1) is 29.3. The Balaban J connectivity index is 0.993. The minimum absolute atomic E-state index is 0.0150. The molecular formula is C45H33N3O2S. The van der Waals surface area contributed by atoms with Gasteiger partial charge >= 0.3 is 0 Å². The number of fused-ring (bicyclic) bond motifs is 9. The lowest BCUT2D eigenvalue weighted by molar-refractivity contribution is -0.739. The minimum atomic E-state index is -0.170. The van der Waals surface area contributed by atoms with Crippen LogP contribution in [0.5, 0.6) is 5.75 Å². The number of nitrogens with one attached hydrogen (secondary N) is 1. The second-order valence-corrected chi connectivity index (χ2v) is 14.8. The van der Waals surface area contributed by atoms with Crippen molar-refractivity contribution in [2.75, 3.05) is 0 Å². The van der Waals surface area contributed by atoms with Crippen molar-refractivity contribution in [2.24, 2.45) is 0 Å². The normalized spacial score (nSPS) is 22.7. The van der Waals surface area contributed by atoms with E-state index in [2.05, 4.69) is 150 Å². The Morgan fingerprint density at radius 1 is 0.667 bits per heavy atom. The van der Waals surface area contributed by atoms with Gasteiger partial charge in [0.2, 0.25) is 0 Å². The fraction of sp³-hybridized carbons (Fsp3) is 0.111. The molecule has 2 aliphatic heterocycles. The van der Waals surface area contributed by atoms with Gasteiger partial charge in [0.25, 0.3) is 0 Å². The molecule has 1 fully saturated rings. The molecule has 51 heavy (non-hydrogen) atoms. The van der Waals surface area contributed by atoms with Crippen molar-refractivity contribution in [3.63, 3.8) is 0 Å². The highest BCUT2D eigenvalue weighted by atomic mass is 32.1. The minimum Gasteiger partial charge on any atom is -0.586 e. The molecule has 3 aliphatic rings. The smallest absolute Gasteiger partial charge is 0.164 e. The van der Waals surface area contributed by atoms with Crippen LogP contribution in [-0.4, -0.2) is 6.10 Å². The Bertz CT molecular complexity index is 2710. The second-order valence-electron chi connectivity index (χ2n) is 13.7. The van der Waals surface area contributed by atoms with E-state index in [0.717, 1.165) is 33.3 Å². The van der Waals surface area contributed by atoms with Crippen LogP contribution >= 0.6 is 11.3 Å². The van der Waals surface area contributed by atoms with Crippen LogP contribution in [0.25, 0.3) is 53.0 Å². The third-order valence-electron chi connectivity index (χ3n) is 10.8. The van der Waals surface area contributed by atoms with Gasteiger partial charge in [-0.1, -0.05) is 115 Å². The van der Waals surface area contributed by atoms with Crippen LogP contribution < -0.4 is 15.4 Å². The van der Waals surface area contributed by atoms with Crippen molar-refractivity contribution in [1.82, 2.24) is 5.32 Å². The molecule has 246 valence electrons. The summed E-state index contributed by atoms with van der Waals surface area (Å²) < 4.78 is 15.4. The molecule has 5 unspecified atom stereocenters. The lowest BCUT2D eigenvalue weighted by Gasteiger charge is -2.47. The van der Waals surface area contributed by atoms with Gasteiger partial charge in [-0.25, -0.2) is 0 Å². The average molecular weight is 680 g/mol. The maximum absolute atomic E-state index is 6.55. The van der Waals surface area contributed by atoms with Gasteiger partial charge in [0.15, 0.2) is 6.17 Å². The fourth-order valence-corrected chi connectivity index (χ4v) is 9.49. The van der Waals surface area contributed by atoms with Gasteiger partial charge in [-0.2, -0.15) is 0 Å². The standard InChI is InChI=1S/C45H32N3O2S/c1-2-10-26(11-3-1)43-46-44(48-45(47-43)33-16-9-19-38-41(33)32-13-5-7-18-37(32)49-38)28-21-23-40-35(25-28)34-24-27(20-22-39(34)51-40)29-14-8-15-31-30-12-4-6-17-36(30)50-42(29)31/h1-25,31,42-46,48H/q-1/p+1. The predicted molar refractivity (Wildman–Crippen MR) is 207 cm³/mol. The van der Waals surface area contributed by atoms with Crippen molar-refractivity contribution in [3.8, 4) is 5.75 Å². The molecule has 5 atom stereocenters. The first-order chi connectivity index (χ1) is 25.2. The number of hydrogen-bond acceptors (Lipinski definition) is 4. The maximum atomic E-state index is 6.55. The molecule has 5 nitrogen and oxygen atoms in total. The molecule has 2 aromatic heterocycles. The zero-order chi connectivity index (χ0) is 33.5. The summed E-state index contributed by atoms with van der Waals surface area (Å²) in [5.41, 5.74) is 9.06. The molecule has 0 saturated carbocycles. The van der Waals surface area contributed by atoms with Crippen LogP contribution in [0.1, 0.15) is 52.2 Å². The lowest BCUT2D eigenvalue weighted by atomic mass is 9.84. The van der Waals surface area contributed by atoms with E-state index in [1.54, 1.807) is 0 Å². The number of benzene rings is 6. The van der Waals surface area contributed by atoms with Crippen LogP contribution in [0.2, 0.25) is 0 Å². The SMILES string of the molecule is C1=CC2c3ccccc3OC2C(c2ccc3sc4ccc(C5NC(c6ccccc6)[N-]C(c6cccc7oc8ccccc8c67)[NH2+]5)cc4c3c2)=C1. The zero-order valence-electron chi connectivity index (χ0n) is 27.6. The van der Waals surface area contributed by atoms with E-state index in [1.165, 1.54) is 48.0 Å². The Hall–Kier alpha value is -5.50. The third-order valence-corrected chi connectivity index (χ3v) is 12.0. The highest BCUT2D eigenvalue weighted by Crippen LogP contribution is 2.47. The van der Waals surface area contributed by atoms with Gasteiger partial charge in [-0.15, -0.1) is 11.3 Å². The van der Waals surface area contributed by atoms with Crippen LogP contribution in [0, 0.1) is 0 Å². The zero-order valence-corrected chi connectivity index (χ0v) is 28.4. The van der Waals surface area contributed by atoms with E-state index in [0.29, 0.717) is 0 Å². The molecule has 0 radical (unpaired) electrons. The summed E-state index contributed by atoms with van der Waals surface area (Å²) >= 11 is 1.86. The Kier molecular flexibility index (Phi) is 6.61. The highest BCUT2D eigenvalue weighted by molar-refractivity contribution is 7.25. The van der Waals surface area contributed by atoms with E-state index in [9.17, 15) is 0 Å². The van der Waals surface area contributed by atoms with E-state index >= 15 is 0 Å². The molecule has 8 aromatic rings. The molecule has 1 saturated heterocycles. The monoisotopic (exact) mass is 679 g/mol. The topological polar surface area (TPSA) is 65.1 Å². The molecule has 0 bridgehead atoms. The Morgan fingerprint density at radius 2 is 1.45 bits per heavy atom. The Labute approximate surface area is 298 Å². The molecule has 0 amide bonds. The average Bonchev–Trinajstić information content (AvgIpc) is 3.89. The van der Waals surface area contributed by atoms with Gasteiger partial charge in [0.1, 0.15) is 23.0 Å². The lowest BCUT2D eigenvalue weighted by Crippen LogP contribution is -2.91. The van der Waals surface area contributed by atoms with Crippen LogP contribution in [0.3, 0.4) is 0 Å². The van der Waals surface area contributed by atoms with E-state index in [1.807, 2.05) is 23.5 Å². The highest BCUT2D eigenvalue weighted by Gasteiger charge is 2.37. The van der Waals surface area contributed by atoms with Crippen LogP contribution in [0.4, 0.5) is 0 Å². The van der Waals surface area contributed by atoms with Crippen molar-refractivity contribution in [2.45, 2.75) is 30.5 Å². The molecule has 4 heterocycles. The molecule has 1 aliphatic carbocycles. The summed E-state index contributed by atoms with van der Waals surface area (Å²) in [5.74, 6) is 1.22. The largest absolute Gasteiger partial charge is 0.586 e. The number of ether oxygens (including phenoxy) is 1. The van der Waals surface area contributed by atoms with E-state index < -0.39 is 0 Å². The molecular weight excluding hydrogens is 647 g/mol. The molecule has 6 heteroatoms. The number of thiophene rings is 1. The van der Waals surface area contributed by atoms with Gasteiger partial charge in [-0.3, -0.25) is 5.32 Å². The summed E-state index contributed by atoms with van der Waals surface area (Å²) in [4.78, 5) is 0. The fourth-order valence-electron chi connectivity index (χ4n) is 8.42. The van der Waals surface area contributed by atoms with Crippen molar-refractivity contribution in [3.05, 3.63) is 185 Å². The molecule has 6 aromatic carbocycles. The van der Waals surface area contributed by atoms with Crippen molar-refractivity contribution >= 4 is 59.0 Å².